The van der Waals surface area contributed by atoms with E-state index in [-0.39, 0.29) is 12.0 Å². The number of hydrogen-bond acceptors (Lipinski definition) is 1. The average Bonchev–Trinajstić information content (AvgIpc) is 1.98. The van der Waals surface area contributed by atoms with Gasteiger partial charge in [-0.25, -0.2) is 8.78 Å². The molecule has 0 aliphatic heterocycles. The van der Waals surface area contributed by atoms with Crippen molar-refractivity contribution in [3.05, 3.63) is 35.4 Å². The van der Waals surface area contributed by atoms with E-state index >= 15 is 0 Å². The third-order valence-corrected chi connectivity index (χ3v) is 1.31. The second kappa shape index (κ2) is 3.23. The first-order chi connectivity index (χ1) is 5.24. The highest BCUT2D eigenvalue weighted by atomic mass is 19.1. The summed E-state index contributed by atoms with van der Waals surface area (Å²) in [5.74, 6) is -1.07. The first kappa shape index (κ1) is 7.85. The average molecular weight is 156 g/mol. The molecule has 3 heteroatoms. The highest BCUT2D eigenvalue weighted by molar-refractivity contribution is 5.54. The maximum absolute atomic E-state index is 12.6. The van der Waals surface area contributed by atoms with E-state index in [1.807, 2.05) is 0 Å². The van der Waals surface area contributed by atoms with E-state index in [4.69, 9.17) is 0 Å². The largest absolute Gasteiger partial charge is 0.303 e. The minimum absolute atomic E-state index is 0.0798. The molecule has 0 aromatic heterocycles. The lowest BCUT2D eigenvalue weighted by Gasteiger charge is -1.96. The molecule has 0 unspecified atom stereocenters. The fourth-order valence-electron chi connectivity index (χ4n) is 0.790. The van der Waals surface area contributed by atoms with E-state index in [1.165, 1.54) is 0 Å². The van der Waals surface area contributed by atoms with Crippen molar-refractivity contribution in [2.75, 3.05) is 0 Å². The molecule has 11 heavy (non-hydrogen) atoms. The van der Waals surface area contributed by atoms with Gasteiger partial charge in [0, 0.05) is 6.42 Å². The Balaban J connectivity index is 3.01. The number of hydrogen-bond donors (Lipinski definition) is 0. The van der Waals surface area contributed by atoms with Gasteiger partial charge in [0.1, 0.15) is 17.9 Å². The van der Waals surface area contributed by atoms with E-state index < -0.39 is 11.6 Å². The Labute approximate surface area is 62.7 Å². The summed E-state index contributed by atoms with van der Waals surface area (Å²) in [4.78, 5) is 9.95. The van der Waals surface area contributed by atoms with Gasteiger partial charge in [0.2, 0.25) is 0 Å². The third-order valence-electron chi connectivity index (χ3n) is 1.31. The number of aldehydes is 1. The van der Waals surface area contributed by atoms with Gasteiger partial charge in [-0.05, 0) is 23.8 Å². The van der Waals surface area contributed by atoms with E-state index in [9.17, 15) is 13.6 Å². The van der Waals surface area contributed by atoms with E-state index in [0.717, 1.165) is 18.2 Å². The maximum atomic E-state index is 12.6. The van der Waals surface area contributed by atoms with Gasteiger partial charge in [0.25, 0.3) is 0 Å². The molecule has 0 radical (unpaired) electrons. The lowest BCUT2D eigenvalue weighted by Crippen LogP contribution is -1.92. The summed E-state index contributed by atoms with van der Waals surface area (Å²) in [6.07, 6.45) is 0.460. The Hall–Kier alpha value is -1.25. The number of carbonyl (C=O) groups is 1. The fourth-order valence-corrected chi connectivity index (χ4v) is 0.790. The van der Waals surface area contributed by atoms with Crippen molar-refractivity contribution >= 4 is 6.29 Å². The quantitative estimate of drug-likeness (QED) is 0.595. The molecule has 0 N–H and O–H groups in total. The summed E-state index contributed by atoms with van der Waals surface area (Å²) < 4.78 is 25.0. The fraction of sp³-hybridized carbons (Fsp3) is 0.125. The van der Waals surface area contributed by atoms with Crippen LogP contribution in [-0.4, -0.2) is 6.29 Å². The van der Waals surface area contributed by atoms with Crippen LogP contribution < -0.4 is 0 Å². The highest BCUT2D eigenvalue weighted by Crippen LogP contribution is 2.08. The highest BCUT2D eigenvalue weighted by Gasteiger charge is 2.01. The second-order valence-electron chi connectivity index (χ2n) is 2.11. The minimum Gasteiger partial charge on any atom is -0.303 e. The minimum atomic E-state index is -0.543. The van der Waals surface area contributed by atoms with Gasteiger partial charge in [-0.1, -0.05) is 0 Å². The molecular weight excluding hydrogens is 150 g/mol. The van der Waals surface area contributed by atoms with Gasteiger partial charge < -0.3 is 4.79 Å². The van der Waals surface area contributed by atoms with Crippen LogP contribution in [-0.2, 0) is 11.2 Å². The molecule has 58 valence electrons. The van der Waals surface area contributed by atoms with Crippen LogP contribution in [0.15, 0.2) is 18.2 Å². The summed E-state index contributed by atoms with van der Waals surface area (Å²) >= 11 is 0. The Morgan fingerprint density at radius 2 is 2.09 bits per heavy atom. The van der Waals surface area contributed by atoms with E-state index in [0.29, 0.717) is 6.29 Å². The van der Waals surface area contributed by atoms with Crippen molar-refractivity contribution in [2.45, 2.75) is 6.42 Å². The predicted octanol–water partition coefficient (Wildman–Crippen LogP) is 1.71. The molecule has 1 nitrogen and oxygen atoms in total. The molecule has 1 rings (SSSR count). The second-order valence-corrected chi connectivity index (χ2v) is 2.11. The molecule has 1 aromatic rings. The number of rotatable bonds is 2. The number of carbonyl (C=O) groups excluding carboxylic acids is 1. The van der Waals surface area contributed by atoms with Crippen molar-refractivity contribution in [1.82, 2.24) is 0 Å². The van der Waals surface area contributed by atoms with Gasteiger partial charge in [-0.2, -0.15) is 0 Å². The summed E-state index contributed by atoms with van der Waals surface area (Å²) in [5, 5.41) is 0. The first-order valence-electron chi connectivity index (χ1n) is 3.11. The molecule has 0 spiro atoms. The summed E-state index contributed by atoms with van der Waals surface area (Å²) in [6.45, 7) is 0. The maximum Gasteiger partial charge on any atom is 0.127 e. The van der Waals surface area contributed by atoms with Crippen LogP contribution in [0, 0.1) is 11.6 Å². The summed E-state index contributed by atoms with van der Waals surface area (Å²) in [7, 11) is 0. The van der Waals surface area contributed by atoms with Gasteiger partial charge in [-0.3, -0.25) is 0 Å². The van der Waals surface area contributed by atoms with Gasteiger partial charge >= 0.3 is 0 Å². The van der Waals surface area contributed by atoms with Crippen LogP contribution in [0.5, 0.6) is 0 Å². The van der Waals surface area contributed by atoms with Crippen molar-refractivity contribution in [1.29, 1.82) is 0 Å². The molecule has 0 atom stereocenters. The summed E-state index contributed by atoms with van der Waals surface area (Å²) in [5.41, 5.74) is 0.0972. The van der Waals surface area contributed by atoms with Gasteiger partial charge in [-0.15, -0.1) is 0 Å². The molecule has 0 saturated carbocycles. The van der Waals surface area contributed by atoms with Crippen molar-refractivity contribution in [2.24, 2.45) is 0 Å². The Kier molecular flexibility index (Phi) is 2.31. The van der Waals surface area contributed by atoms with Gasteiger partial charge in [0.05, 0.1) is 0 Å². The predicted molar refractivity (Wildman–Crippen MR) is 36.1 cm³/mol. The molecule has 0 saturated heterocycles. The van der Waals surface area contributed by atoms with Crippen LogP contribution in [0.2, 0.25) is 0 Å². The molecule has 1 aromatic carbocycles. The standard InChI is InChI=1S/C8H6F2O/c9-7-1-2-8(10)6(5-7)3-4-11/h1-2,4-5H,3H2. The van der Waals surface area contributed by atoms with Crippen molar-refractivity contribution in [3.8, 4) is 0 Å². The Morgan fingerprint density at radius 3 is 2.73 bits per heavy atom. The summed E-state index contributed by atoms with van der Waals surface area (Å²) in [6, 6.07) is 3.04. The van der Waals surface area contributed by atoms with Crippen molar-refractivity contribution in [3.63, 3.8) is 0 Å². The molecular formula is C8H6F2O. The number of benzene rings is 1. The zero-order chi connectivity index (χ0) is 8.27. The first-order valence-corrected chi connectivity index (χ1v) is 3.11. The molecule has 0 aliphatic carbocycles. The molecule has 0 aliphatic rings. The van der Waals surface area contributed by atoms with Crippen molar-refractivity contribution < 1.29 is 13.6 Å². The number of halogens is 2. The Morgan fingerprint density at radius 1 is 1.36 bits per heavy atom. The molecule has 0 fully saturated rings. The van der Waals surface area contributed by atoms with E-state index in [2.05, 4.69) is 0 Å². The van der Waals surface area contributed by atoms with Crippen LogP contribution in [0.1, 0.15) is 5.56 Å². The van der Waals surface area contributed by atoms with Gasteiger partial charge in [0.15, 0.2) is 0 Å². The van der Waals surface area contributed by atoms with Crippen LogP contribution in [0.4, 0.5) is 8.78 Å². The normalized spacial score (nSPS) is 9.64. The van der Waals surface area contributed by atoms with Crippen LogP contribution >= 0.6 is 0 Å². The zero-order valence-corrected chi connectivity index (χ0v) is 5.68. The zero-order valence-electron chi connectivity index (χ0n) is 5.68. The lowest BCUT2D eigenvalue weighted by atomic mass is 10.1. The van der Waals surface area contributed by atoms with E-state index in [1.54, 1.807) is 0 Å². The smallest absolute Gasteiger partial charge is 0.127 e. The van der Waals surface area contributed by atoms with Crippen LogP contribution in [0.3, 0.4) is 0 Å². The Bertz CT molecular complexity index is 271. The molecule has 0 amide bonds. The molecule has 0 bridgehead atoms. The molecule has 0 heterocycles. The van der Waals surface area contributed by atoms with Crippen LogP contribution in [0.25, 0.3) is 0 Å². The SMILES string of the molecule is O=CCc1cc(F)ccc1F. The third kappa shape index (κ3) is 1.83. The monoisotopic (exact) mass is 156 g/mol. The topological polar surface area (TPSA) is 17.1 Å². The lowest BCUT2D eigenvalue weighted by molar-refractivity contribution is -0.107.